The molecule has 4 aromatic rings. The van der Waals surface area contributed by atoms with Crippen molar-refractivity contribution in [3.63, 3.8) is 0 Å². The number of carbonyl (C=O) groups is 4. The van der Waals surface area contributed by atoms with Crippen molar-refractivity contribution in [1.29, 1.82) is 0 Å². The van der Waals surface area contributed by atoms with Gasteiger partial charge in [0.2, 0.25) is 0 Å². The van der Waals surface area contributed by atoms with Gasteiger partial charge in [0.15, 0.2) is 23.1 Å². The average Bonchev–Trinajstić information content (AvgIpc) is 3.14. The molecule has 304 valence electrons. The number of rotatable bonds is 12. The Morgan fingerprint density at radius 2 is 0.719 bits per heavy atom. The van der Waals surface area contributed by atoms with E-state index >= 15 is 0 Å². The number of hydrogen-bond donors (Lipinski definition) is 4. The van der Waals surface area contributed by atoms with Gasteiger partial charge in [0.05, 0.1) is 77.6 Å². The maximum absolute atomic E-state index is 13.1. The summed E-state index contributed by atoms with van der Waals surface area (Å²) in [4.78, 5) is 52.3. The van der Waals surface area contributed by atoms with Gasteiger partial charge in [0, 0.05) is 95.4 Å². The van der Waals surface area contributed by atoms with Crippen LogP contribution in [-0.4, -0.2) is 132 Å². The summed E-state index contributed by atoms with van der Waals surface area (Å²) in [6.07, 6.45) is 1.95. The van der Waals surface area contributed by atoms with Gasteiger partial charge in [0.25, 0.3) is 0 Å². The van der Waals surface area contributed by atoms with Crippen LogP contribution >= 0.6 is 0 Å². The van der Waals surface area contributed by atoms with E-state index in [0.29, 0.717) is 55.9 Å². The molecule has 0 aliphatic heterocycles. The monoisotopic (exact) mass is 800 g/mol. The summed E-state index contributed by atoms with van der Waals surface area (Å²) >= 11 is 0. The fourth-order valence-electron chi connectivity index (χ4n) is 6.71. The van der Waals surface area contributed by atoms with Crippen molar-refractivity contribution in [2.45, 2.75) is 12.8 Å². The molecule has 0 aromatic heterocycles. The highest BCUT2D eigenvalue weighted by Crippen LogP contribution is 2.37. The molecular weight excluding hydrogens is 749 g/mol. The fraction of sp³-hybridized carbons (Fsp3) is 0.333. The minimum atomic E-state index is -5.17. The van der Waals surface area contributed by atoms with Gasteiger partial charge in [-0.2, -0.15) is 0 Å². The molecule has 0 spiro atoms. The van der Waals surface area contributed by atoms with Crippen LogP contribution in [-0.2, 0) is 10.4 Å². The lowest BCUT2D eigenvalue weighted by molar-refractivity contribution is -0.870. The second-order valence-electron chi connectivity index (χ2n) is 15.7. The Balaban J connectivity index is 0.000000226. The first-order valence-corrected chi connectivity index (χ1v) is 19.8. The molecule has 0 bridgehead atoms. The third kappa shape index (κ3) is 11.3. The van der Waals surface area contributed by atoms with E-state index in [1.165, 1.54) is 0 Å². The van der Waals surface area contributed by atoms with Crippen LogP contribution in [0.15, 0.2) is 72.8 Å². The standard InChI is InChI=1S/2C21H25N3O2.H2O4S/c2*1-22-16-10-11-17(23-12-7-13-24(2,3)4)19-18(16)20(25)14-8-5-6-9-15(14)21(19)26;1-5(2,3)4/h2*5-6,8-11H,7,12-13H2,1-4H3,(H-,22,23,25,26);(H2,1,2,3,4). The van der Waals surface area contributed by atoms with E-state index in [9.17, 15) is 19.2 Å². The number of benzene rings is 4. The highest BCUT2D eigenvalue weighted by atomic mass is 32.3. The average molecular weight is 801 g/mol. The van der Waals surface area contributed by atoms with E-state index in [-0.39, 0.29) is 23.1 Å². The molecule has 0 saturated heterocycles. The zero-order chi connectivity index (χ0) is 42.3. The molecular formula is C42H52N6O8S. The van der Waals surface area contributed by atoms with Gasteiger partial charge in [-0.3, -0.25) is 27.6 Å². The maximum atomic E-state index is 13.1. The van der Waals surface area contributed by atoms with Gasteiger partial charge in [-0.25, -0.2) is 0 Å². The van der Waals surface area contributed by atoms with Gasteiger partial charge in [-0.05, 0) is 24.3 Å². The zero-order valence-electron chi connectivity index (χ0n) is 33.7. The first kappa shape index (κ1) is 44.3. The first-order chi connectivity index (χ1) is 26.7. The number of ketones is 4. The Hall–Kier alpha value is -5.45. The van der Waals surface area contributed by atoms with Gasteiger partial charge < -0.3 is 39.3 Å². The van der Waals surface area contributed by atoms with Crippen molar-refractivity contribution >= 4 is 56.3 Å². The van der Waals surface area contributed by atoms with Crippen LogP contribution in [0.4, 0.5) is 22.7 Å². The molecule has 0 fully saturated rings. The van der Waals surface area contributed by atoms with Crippen LogP contribution in [0.2, 0.25) is 0 Å². The Kier molecular flexibility index (Phi) is 14.1. The molecule has 14 nitrogen and oxygen atoms in total. The molecule has 0 heterocycles. The van der Waals surface area contributed by atoms with E-state index < -0.39 is 10.4 Å². The number of hydrogen-bond acceptors (Lipinski definition) is 12. The number of fused-ring (bicyclic) bond motifs is 4. The number of nitrogens with zero attached hydrogens (tertiary/aromatic N) is 2. The van der Waals surface area contributed by atoms with E-state index in [4.69, 9.17) is 17.5 Å². The molecule has 0 radical (unpaired) electrons. The largest absolute Gasteiger partial charge is 0.759 e. The summed E-state index contributed by atoms with van der Waals surface area (Å²) < 4.78 is 35.9. The lowest BCUT2D eigenvalue weighted by Gasteiger charge is -2.25. The molecule has 2 aliphatic carbocycles. The molecule has 0 atom stereocenters. The normalized spacial score (nSPS) is 13.1. The molecule has 0 amide bonds. The number of nitrogens with one attached hydrogen (secondary N) is 4. The zero-order valence-corrected chi connectivity index (χ0v) is 34.6. The minimum absolute atomic E-state index is 0.0959. The van der Waals surface area contributed by atoms with E-state index in [1.54, 1.807) is 62.6 Å². The fourth-order valence-corrected chi connectivity index (χ4v) is 6.71. The number of anilines is 4. The molecule has 0 saturated carbocycles. The SMILES string of the molecule is CNc1ccc(NCCC[N+](C)(C)C)c2c1C(=O)c1ccccc1C2=O.CNc1ccc(NCCC[N+](C)(C)C)c2c1C(=O)c1ccccc1C2=O.O=S(=O)([O-])[O-]. The molecule has 0 unspecified atom stereocenters. The minimum Gasteiger partial charge on any atom is -0.759 e. The second-order valence-corrected chi connectivity index (χ2v) is 16.5. The van der Waals surface area contributed by atoms with Crippen LogP contribution in [0, 0.1) is 0 Å². The van der Waals surface area contributed by atoms with Crippen molar-refractivity contribution in [2.24, 2.45) is 0 Å². The Morgan fingerprint density at radius 3 is 0.965 bits per heavy atom. The topological polar surface area (TPSA) is 197 Å². The predicted molar refractivity (Wildman–Crippen MR) is 221 cm³/mol. The lowest BCUT2D eigenvalue weighted by Crippen LogP contribution is -2.36. The molecule has 57 heavy (non-hydrogen) atoms. The Morgan fingerprint density at radius 1 is 0.474 bits per heavy atom. The van der Waals surface area contributed by atoms with Crippen molar-refractivity contribution in [2.75, 3.05) is 104 Å². The molecule has 4 N–H and O–H groups in total. The van der Waals surface area contributed by atoms with Crippen molar-refractivity contribution < 1.29 is 45.7 Å². The van der Waals surface area contributed by atoms with Crippen molar-refractivity contribution in [1.82, 2.24) is 0 Å². The molecule has 2 aliphatic rings. The Labute approximate surface area is 335 Å². The predicted octanol–water partition coefficient (Wildman–Crippen LogP) is 4.69. The molecule has 4 aromatic carbocycles. The number of carbonyl (C=O) groups excluding carboxylic acids is 4. The van der Waals surface area contributed by atoms with Gasteiger partial charge in [-0.1, -0.05) is 48.5 Å². The third-order valence-electron chi connectivity index (χ3n) is 9.33. The van der Waals surface area contributed by atoms with Crippen molar-refractivity contribution in [3.05, 3.63) is 117 Å². The van der Waals surface area contributed by atoms with Crippen LogP contribution in [0.25, 0.3) is 0 Å². The summed E-state index contributed by atoms with van der Waals surface area (Å²) in [5, 5.41) is 12.8. The van der Waals surface area contributed by atoms with Crippen LogP contribution < -0.4 is 21.3 Å². The summed E-state index contributed by atoms with van der Waals surface area (Å²) in [6.45, 7) is 3.56. The maximum Gasteiger partial charge on any atom is 0.196 e. The van der Waals surface area contributed by atoms with E-state index in [2.05, 4.69) is 63.6 Å². The second kappa shape index (κ2) is 18.2. The smallest absolute Gasteiger partial charge is 0.196 e. The highest BCUT2D eigenvalue weighted by molar-refractivity contribution is 7.79. The first-order valence-electron chi connectivity index (χ1n) is 18.5. The molecule has 6 rings (SSSR count). The Bertz CT molecular complexity index is 2120. The number of quaternary nitrogens is 2. The highest BCUT2D eigenvalue weighted by Gasteiger charge is 2.35. The van der Waals surface area contributed by atoms with E-state index in [1.807, 2.05) is 24.3 Å². The summed E-state index contributed by atoms with van der Waals surface area (Å²) in [5.74, 6) is -0.396. The van der Waals surface area contributed by atoms with Gasteiger partial charge in [0.1, 0.15) is 0 Å². The van der Waals surface area contributed by atoms with Gasteiger partial charge in [-0.15, -0.1) is 0 Å². The summed E-state index contributed by atoms with van der Waals surface area (Å²) in [7, 11) is 11.3. The third-order valence-corrected chi connectivity index (χ3v) is 9.33. The van der Waals surface area contributed by atoms with Crippen molar-refractivity contribution in [3.8, 4) is 0 Å². The van der Waals surface area contributed by atoms with Gasteiger partial charge >= 0.3 is 0 Å². The van der Waals surface area contributed by atoms with Crippen LogP contribution in [0.1, 0.15) is 76.5 Å². The van der Waals surface area contributed by atoms with Crippen LogP contribution in [0.5, 0.6) is 0 Å². The molecule has 15 heteroatoms. The lowest BCUT2D eigenvalue weighted by atomic mass is 9.82. The summed E-state index contributed by atoms with van der Waals surface area (Å²) in [6, 6.07) is 21.6. The quantitative estimate of drug-likeness (QED) is 0.0578. The summed E-state index contributed by atoms with van der Waals surface area (Å²) in [5.41, 5.74) is 6.63. The van der Waals surface area contributed by atoms with Crippen LogP contribution in [0.3, 0.4) is 0 Å². The van der Waals surface area contributed by atoms with E-state index in [0.717, 1.165) is 59.4 Å².